The molecule has 1 saturated heterocycles. The lowest BCUT2D eigenvalue weighted by Crippen LogP contribution is -2.46. The first-order valence-electron chi connectivity index (χ1n) is 13.9. The summed E-state index contributed by atoms with van der Waals surface area (Å²) in [4.78, 5) is 30.2. The second kappa shape index (κ2) is 13.6. The molecule has 0 aromatic heterocycles. The van der Waals surface area contributed by atoms with Crippen LogP contribution in [0, 0.1) is 5.92 Å². The van der Waals surface area contributed by atoms with Crippen LogP contribution in [0.3, 0.4) is 0 Å². The zero-order valence-corrected chi connectivity index (χ0v) is 23.1. The van der Waals surface area contributed by atoms with Crippen molar-refractivity contribution in [1.29, 1.82) is 0 Å². The Morgan fingerprint density at radius 2 is 1.72 bits per heavy atom. The number of rotatable bonds is 14. The van der Waals surface area contributed by atoms with Crippen molar-refractivity contribution >= 4 is 11.9 Å². The molecule has 2 heterocycles. The van der Waals surface area contributed by atoms with E-state index in [1.165, 1.54) is 0 Å². The van der Waals surface area contributed by atoms with E-state index < -0.39 is 17.9 Å². The SMILES string of the molecule is CCCCN(CCCC)C(=O)CN1C[C@H](c2ccc3c(c2)OCO3)[C@@H](C(=O)O)[C@H]1COc1ccccc1OC. The second-order valence-electron chi connectivity index (χ2n) is 10.1. The molecule has 0 unspecified atom stereocenters. The maximum Gasteiger partial charge on any atom is 0.308 e. The number of carbonyl (C=O) groups excluding carboxylic acids is 1. The fourth-order valence-electron chi connectivity index (χ4n) is 5.43. The average Bonchev–Trinajstić information content (AvgIpc) is 3.56. The van der Waals surface area contributed by atoms with Crippen LogP contribution in [0.15, 0.2) is 42.5 Å². The van der Waals surface area contributed by atoms with Crippen LogP contribution in [0.25, 0.3) is 0 Å². The molecular weight excluding hydrogens is 500 g/mol. The molecule has 2 aromatic rings. The van der Waals surface area contributed by atoms with Crippen molar-refractivity contribution in [3.8, 4) is 23.0 Å². The number of amides is 1. The van der Waals surface area contributed by atoms with Gasteiger partial charge in [-0.3, -0.25) is 14.5 Å². The molecule has 2 aliphatic heterocycles. The molecule has 4 rings (SSSR count). The highest BCUT2D eigenvalue weighted by Crippen LogP contribution is 2.42. The summed E-state index contributed by atoms with van der Waals surface area (Å²) in [5.74, 6) is 0.331. The van der Waals surface area contributed by atoms with Crippen molar-refractivity contribution in [3.63, 3.8) is 0 Å². The van der Waals surface area contributed by atoms with E-state index in [1.807, 2.05) is 40.1 Å². The number of likely N-dealkylation sites (tertiary alicyclic amines) is 1. The highest BCUT2D eigenvalue weighted by atomic mass is 16.7. The van der Waals surface area contributed by atoms with E-state index in [0.717, 1.165) is 31.2 Å². The quantitative estimate of drug-likeness (QED) is 0.377. The summed E-state index contributed by atoms with van der Waals surface area (Å²) in [6.45, 7) is 6.45. The second-order valence-corrected chi connectivity index (χ2v) is 10.1. The van der Waals surface area contributed by atoms with E-state index in [1.54, 1.807) is 19.2 Å². The molecule has 39 heavy (non-hydrogen) atoms. The van der Waals surface area contributed by atoms with E-state index in [4.69, 9.17) is 18.9 Å². The van der Waals surface area contributed by atoms with Crippen molar-refractivity contribution in [3.05, 3.63) is 48.0 Å². The first-order chi connectivity index (χ1) is 19.0. The summed E-state index contributed by atoms with van der Waals surface area (Å²) in [6, 6.07) is 12.3. The molecule has 0 saturated carbocycles. The Hall–Kier alpha value is -3.46. The largest absolute Gasteiger partial charge is 0.493 e. The van der Waals surface area contributed by atoms with Gasteiger partial charge in [-0.25, -0.2) is 0 Å². The average molecular weight is 541 g/mol. The number of carboxylic acid groups (broad SMARTS) is 1. The van der Waals surface area contributed by atoms with Crippen LogP contribution >= 0.6 is 0 Å². The van der Waals surface area contributed by atoms with Crippen molar-refractivity contribution in [1.82, 2.24) is 9.80 Å². The van der Waals surface area contributed by atoms with Gasteiger partial charge in [0.25, 0.3) is 0 Å². The van der Waals surface area contributed by atoms with Gasteiger partial charge >= 0.3 is 5.97 Å². The number of ether oxygens (including phenoxy) is 4. The van der Waals surface area contributed by atoms with Gasteiger partial charge in [0.15, 0.2) is 23.0 Å². The number of benzene rings is 2. The van der Waals surface area contributed by atoms with Crippen LogP contribution in [-0.2, 0) is 9.59 Å². The van der Waals surface area contributed by atoms with E-state index in [0.29, 0.717) is 42.6 Å². The highest BCUT2D eigenvalue weighted by molar-refractivity contribution is 5.79. The maximum atomic E-state index is 13.5. The number of nitrogens with zero attached hydrogens (tertiary/aromatic N) is 2. The minimum Gasteiger partial charge on any atom is -0.493 e. The standard InChI is InChI=1S/C30H40N2O7/c1-4-6-14-31(15-7-5-2)28(33)18-32-17-22(21-12-13-26-27(16-21)39-20-38-26)29(30(34)35)23(32)19-37-25-11-9-8-10-24(25)36-3/h8-13,16,22-23,29H,4-7,14-15,17-20H2,1-3H3,(H,34,35)/t22-,23-,29-/m1/s1. The van der Waals surface area contributed by atoms with E-state index in [9.17, 15) is 14.7 Å². The summed E-state index contributed by atoms with van der Waals surface area (Å²) < 4.78 is 22.6. The number of carboxylic acids is 1. The lowest BCUT2D eigenvalue weighted by Gasteiger charge is -2.29. The number of para-hydroxylation sites is 2. The van der Waals surface area contributed by atoms with Gasteiger partial charge in [-0.1, -0.05) is 44.9 Å². The third-order valence-electron chi connectivity index (χ3n) is 7.59. The molecule has 1 N–H and O–H groups in total. The Kier molecular flexibility index (Phi) is 9.92. The Bertz CT molecular complexity index is 1120. The van der Waals surface area contributed by atoms with Crippen LogP contribution in [0.5, 0.6) is 23.0 Å². The van der Waals surface area contributed by atoms with Crippen molar-refractivity contribution < 1.29 is 33.6 Å². The van der Waals surface area contributed by atoms with Gasteiger partial charge in [0.05, 0.1) is 25.6 Å². The van der Waals surface area contributed by atoms with Gasteiger partial charge in [-0.05, 0) is 42.7 Å². The number of unbranched alkanes of at least 4 members (excludes halogenated alkanes) is 2. The molecule has 0 radical (unpaired) electrons. The molecule has 2 aliphatic rings. The van der Waals surface area contributed by atoms with Gasteiger partial charge < -0.3 is 29.0 Å². The third-order valence-corrected chi connectivity index (χ3v) is 7.59. The van der Waals surface area contributed by atoms with Gasteiger partial charge in [-0.2, -0.15) is 0 Å². The molecule has 9 nitrogen and oxygen atoms in total. The van der Waals surface area contributed by atoms with Gasteiger partial charge in [0.2, 0.25) is 12.7 Å². The molecule has 0 aliphatic carbocycles. The smallest absolute Gasteiger partial charge is 0.308 e. The number of fused-ring (bicyclic) bond motifs is 1. The van der Waals surface area contributed by atoms with Crippen molar-refractivity contribution in [2.24, 2.45) is 5.92 Å². The first kappa shape index (κ1) is 28.5. The predicted molar refractivity (Wildman–Crippen MR) is 147 cm³/mol. The maximum absolute atomic E-state index is 13.5. The minimum absolute atomic E-state index is 0.0228. The third kappa shape index (κ3) is 6.76. The highest BCUT2D eigenvalue weighted by Gasteiger charge is 2.48. The Morgan fingerprint density at radius 1 is 1.03 bits per heavy atom. The molecule has 212 valence electrons. The number of aliphatic carboxylic acids is 1. The Morgan fingerprint density at radius 3 is 2.38 bits per heavy atom. The van der Waals surface area contributed by atoms with Crippen LogP contribution in [-0.4, -0.2) is 79.5 Å². The Balaban J connectivity index is 1.61. The molecule has 2 aromatic carbocycles. The van der Waals surface area contributed by atoms with Gasteiger partial charge in [0.1, 0.15) is 6.61 Å². The minimum atomic E-state index is -0.921. The predicted octanol–water partition coefficient (Wildman–Crippen LogP) is 4.40. The monoisotopic (exact) mass is 540 g/mol. The molecular formula is C30H40N2O7. The van der Waals surface area contributed by atoms with Gasteiger partial charge in [0, 0.05) is 25.6 Å². The van der Waals surface area contributed by atoms with Crippen LogP contribution in [0.1, 0.15) is 51.0 Å². The summed E-state index contributed by atoms with van der Waals surface area (Å²) in [5, 5.41) is 10.4. The van der Waals surface area contributed by atoms with E-state index in [2.05, 4.69) is 13.8 Å². The number of hydrogen-bond donors (Lipinski definition) is 1. The molecule has 1 fully saturated rings. The first-order valence-corrected chi connectivity index (χ1v) is 13.9. The number of hydrogen-bond acceptors (Lipinski definition) is 7. The topological polar surface area (TPSA) is 97.8 Å². The molecule has 3 atom stereocenters. The zero-order chi connectivity index (χ0) is 27.8. The Labute approximate surface area is 230 Å². The normalized spacial score (nSPS) is 20.1. The fourth-order valence-corrected chi connectivity index (χ4v) is 5.43. The van der Waals surface area contributed by atoms with Gasteiger partial charge in [-0.15, -0.1) is 0 Å². The number of methoxy groups -OCH3 is 1. The molecule has 0 spiro atoms. The summed E-state index contributed by atoms with van der Waals surface area (Å²) >= 11 is 0. The molecule has 0 bridgehead atoms. The lowest BCUT2D eigenvalue weighted by atomic mass is 9.85. The van der Waals surface area contributed by atoms with Crippen molar-refractivity contribution in [2.75, 3.05) is 46.7 Å². The van der Waals surface area contributed by atoms with E-state index in [-0.39, 0.29) is 31.8 Å². The van der Waals surface area contributed by atoms with Crippen molar-refractivity contribution in [2.45, 2.75) is 51.5 Å². The molecule has 1 amide bonds. The summed E-state index contributed by atoms with van der Waals surface area (Å²) in [7, 11) is 1.57. The summed E-state index contributed by atoms with van der Waals surface area (Å²) in [6.07, 6.45) is 3.88. The lowest BCUT2D eigenvalue weighted by molar-refractivity contribution is -0.144. The molecule has 9 heteroatoms. The summed E-state index contributed by atoms with van der Waals surface area (Å²) in [5.41, 5.74) is 0.845. The zero-order valence-electron chi connectivity index (χ0n) is 23.1. The van der Waals surface area contributed by atoms with E-state index >= 15 is 0 Å². The van der Waals surface area contributed by atoms with Crippen LogP contribution in [0.4, 0.5) is 0 Å². The van der Waals surface area contributed by atoms with Crippen LogP contribution < -0.4 is 18.9 Å². The van der Waals surface area contributed by atoms with Crippen LogP contribution in [0.2, 0.25) is 0 Å². The fraction of sp³-hybridized carbons (Fsp3) is 0.533. The number of carbonyl (C=O) groups is 2.